The lowest BCUT2D eigenvalue weighted by molar-refractivity contribution is -0.139. The molecular weight excluding hydrogens is 130 g/mol. The molecule has 0 aliphatic carbocycles. The SMILES string of the molecule is C#CCC(C)C(N)C(=O)O. The number of rotatable bonds is 3. The summed E-state index contributed by atoms with van der Waals surface area (Å²) in [4.78, 5) is 10.2. The van der Waals surface area contributed by atoms with E-state index in [1.165, 1.54) is 0 Å². The van der Waals surface area contributed by atoms with Crippen molar-refractivity contribution >= 4 is 5.97 Å². The van der Waals surface area contributed by atoms with E-state index < -0.39 is 12.0 Å². The molecule has 0 bridgehead atoms. The van der Waals surface area contributed by atoms with Gasteiger partial charge < -0.3 is 10.8 Å². The first-order valence-corrected chi connectivity index (χ1v) is 3.01. The average molecular weight is 141 g/mol. The lowest BCUT2D eigenvalue weighted by Crippen LogP contribution is -2.36. The quantitative estimate of drug-likeness (QED) is 0.546. The van der Waals surface area contributed by atoms with E-state index in [9.17, 15) is 4.79 Å². The first-order chi connectivity index (χ1) is 4.59. The van der Waals surface area contributed by atoms with Crippen LogP contribution in [-0.2, 0) is 4.79 Å². The third kappa shape index (κ3) is 2.51. The van der Waals surface area contributed by atoms with Gasteiger partial charge in [0.1, 0.15) is 6.04 Å². The Balaban J connectivity index is 3.84. The Kier molecular flexibility index (Phi) is 3.52. The van der Waals surface area contributed by atoms with Crippen molar-refractivity contribution in [2.24, 2.45) is 11.7 Å². The molecule has 3 N–H and O–H groups in total. The molecule has 0 aliphatic heterocycles. The van der Waals surface area contributed by atoms with E-state index in [-0.39, 0.29) is 5.92 Å². The van der Waals surface area contributed by atoms with Gasteiger partial charge in [-0.3, -0.25) is 4.79 Å². The Labute approximate surface area is 60.2 Å². The van der Waals surface area contributed by atoms with Crippen LogP contribution in [0.25, 0.3) is 0 Å². The van der Waals surface area contributed by atoms with Gasteiger partial charge in [-0.1, -0.05) is 6.92 Å². The van der Waals surface area contributed by atoms with E-state index in [4.69, 9.17) is 17.3 Å². The minimum absolute atomic E-state index is 0.150. The topological polar surface area (TPSA) is 63.3 Å². The Morgan fingerprint density at radius 1 is 1.90 bits per heavy atom. The maximum atomic E-state index is 10.2. The van der Waals surface area contributed by atoms with Crippen LogP contribution < -0.4 is 5.73 Å². The van der Waals surface area contributed by atoms with Crippen molar-refractivity contribution in [1.82, 2.24) is 0 Å². The van der Waals surface area contributed by atoms with Crippen LogP contribution in [0, 0.1) is 18.3 Å². The third-order valence-corrected chi connectivity index (χ3v) is 1.34. The number of aliphatic carboxylic acids is 1. The van der Waals surface area contributed by atoms with Gasteiger partial charge >= 0.3 is 5.97 Å². The average Bonchev–Trinajstić information content (AvgIpc) is 1.87. The molecule has 0 heterocycles. The second-order valence-corrected chi connectivity index (χ2v) is 2.25. The minimum atomic E-state index is -0.997. The summed E-state index contributed by atoms with van der Waals surface area (Å²) in [5, 5.41) is 8.39. The van der Waals surface area contributed by atoms with Crippen LogP contribution in [0.4, 0.5) is 0 Å². The first kappa shape index (κ1) is 8.99. The van der Waals surface area contributed by atoms with E-state index in [0.717, 1.165) is 0 Å². The van der Waals surface area contributed by atoms with Crippen LogP contribution in [0.2, 0.25) is 0 Å². The summed E-state index contributed by atoms with van der Waals surface area (Å²) in [7, 11) is 0. The molecule has 0 aromatic rings. The monoisotopic (exact) mass is 141 g/mol. The van der Waals surface area contributed by atoms with Crippen LogP contribution in [-0.4, -0.2) is 17.1 Å². The van der Waals surface area contributed by atoms with E-state index in [2.05, 4.69) is 5.92 Å². The minimum Gasteiger partial charge on any atom is -0.480 e. The van der Waals surface area contributed by atoms with Crippen molar-refractivity contribution in [2.75, 3.05) is 0 Å². The summed E-state index contributed by atoms with van der Waals surface area (Å²) in [6, 6.07) is -0.837. The van der Waals surface area contributed by atoms with E-state index in [0.29, 0.717) is 6.42 Å². The predicted octanol–water partition coefficient (Wildman–Crippen LogP) is 0.0577. The first-order valence-electron chi connectivity index (χ1n) is 3.01. The highest BCUT2D eigenvalue weighted by Gasteiger charge is 2.18. The molecule has 0 spiro atoms. The highest BCUT2D eigenvalue weighted by Crippen LogP contribution is 2.04. The van der Waals surface area contributed by atoms with Gasteiger partial charge in [-0.2, -0.15) is 0 Å². The Morgan fingerprint density at radius 3 is 2.70 bits per heavy atom. The molecular formula is C7H11NO2. The summed E-state index contributed by atoms with van der Waals surface area (Å²) in [5.41, 5.74) is 5.25. The van der Waals surface area contributed by atoms with Crippen LogP contribution in [0.15, 0.2) is 0 Å². The van der Waals surface area contributed by atoms with Gasteiger partial charge in [-0.25, -0.2) is 0 Å². The molecule has 0 radical (unpaired) electrons. The molecule has 3 heteroatoms. The van der Waals surface area contributed by atoms with Gasteiger partial charge in [-0.15, -0.1) is 12.3 Å². The number of nitrogens with two attached hydrogens (primary N) is 1. The van der Waals surface area contributed by atoms with Crippen molar-refractivity contribution in [3.8, 4) is 12.3 Å². The normalized spacial score (nSPS) is 15.3. The summed E-state index contributed by atoms with van der Waals surface area (Å²) in [6.07, 6.45) is 5.38. The maximum Gasteiger partial charge on any atom is 0.320 e. The number of carbonyl (C=O) groups is 1. The zero-order valence-corrected chi connectivity index (χ0v) is 5.87. The molecule has 0 saturated carbocycles. The number of hydrogen-bond donors (Lipinski definition) is 2. The van der Waals surface area contributed by atoms with Gasteiger partial charge in [0.15, 0.2) is 0 Å². The van der Waals surface area contributed by atoms with Crippen molar-refractivity contribution in [3.63, 3.8) is 0 Å². The molecule has 3 nitrogen and oxygen atoms in total. The molecule has 0 amide bonds. The van der Waals surface area contributed by atoms with Gasteiger partial charge in [0.2, 0.25) is 0 Å². The van der Waals surface area contributed by atoms with Crippen LogP contribution in [0.3, 0.4) is 0 Å². The third-order valence-electron chi connectivity index (χ3n) is 1.34. The van der Waals surface area contributed by atoms with Gasteiger partial charge in [0.05, 0.1) is 0 Å². The van der Waals surface area contributed by atoms with Crippen molar-refractivity contribution in [1.29, 1.82) is 0 Å². The van der Waals surface area contributed by atoms with Gasteiger partial charge in [0.25, 0.3) is 0 Å². The number of carboxylic acids is 1. The molecule has 2 atom stereocenters. The maximum absolute atomic E-state index is 10.2. The Bertz CT molecular complexity index is 159. The molecule has 0 aromatic carbocycles. The molecule has 0 rings (SSSR count). The largest absolute Gasteiger partial charge is 0.480 e. The van der Waals surface area contributed by atoms with Crippen LogP contribution in [0.5, 0.6) is 0 Å². The zero-order valence-electron chi connectivity index (χ0n) is 5.87. The molecule has 0 aromatic heterocycles. The van der Waals surface area contributed by atoms with Gasteiger partial charge in [0, 0.05) is 6.42 Å². The molecule has 10 heavy (non-hydrogen) atoms. The van der Waals surface area contributed by atoms with Crippen LogP contribution in [0.1, 0.15) is 13.3 Å². The van der Waals surface area contributed by atoms with Crippen molar-refractivity contribution in [3.05, 3.63) is 0 Å². The van der Waals surface area contributed by atoms with Crippen molar-refractivity contribution in [2.45, 2.75) is 19.4 Å². The Morgan fingerprint density at radius 2 is 2.40 bits per heavy atom. The second kappa shape index (κ2) is 3.91. The molecule has 0 fully saturated rings. The fraction of sp³-hybridized carbons (Fsp3) is 0.571. The predicted molar refractivity (Wildman–Crippen MR) is 38.2 cm³/mol. The van der Waals surface area contributed by atoms with E-state index >= 15 is 0 Å². The number of carboxylic acid groups (broad SMARTS) is 1. The zero-order chi connectivity index (χ0) is 8.15. The van der Waals surface area contributed by atoms with E-state index in [1.54, 1.807) is 6.92 Å². The summed E-state index contributed by atoms with van der Waals surface area (Å²) in [6.45, 7) is 1.72. The lowest BCUT2D eigenvalue weighted by Gasteiger charge is -2.11. The van der Waals surface area contributed by atoms with E-state index in [1.807, 2.05) is 0 Å². The fourth-order valence-corrected chi connectivity index (χ4v) is 0.556. The lowest BCUT2D eigenvalue weighted by atomic mass is 10.00. The number of hydrogen-bond acceptors (Lipinski definition) is 2. The van der Waals surface area contributed by atoms with Gasteiger partial charge in [-0.05, 0) is 5.92 Å². The molecule has 0 saturated heterocycles. The second-order valence-electron chi connectivity index (χ2n) is 2.25. The highest BCUT2D eigenvalue weighted by molar-refractivity contribution is 5.73. The van der Waals surface area contributed by atoms with Crippen molar-refractivity contribution < 1.29 is 9.90 Å². The highest BCUT2D eigenvalue weighted by atomic mass is 16.4. The molecule has 0 aliphatic rings. The Hall–Kier alpha value is -1.01. The molecule has 2 unspecified atom stereocenters. The fourth-order valence-electron chi connectivity index (χ4n) is 0.556. The summed E-state index contributed by atoms with van der Waals surface area (Å²) < 4.78 is 0. The summed E-state index contributed by atoms with van der Waals surface area (Å²) >= 11 is 0. The number of terminal acetylenes is 1. The molecule has 56 valence electrons. The smallest absolute Gasteiger partial charge is 0.320 e. The van der Waals surface area contributed by atoms with Crippen LogP contribution >= 0.6 is 0 Å². The standard InChI is InChI=1S/C7H11NO2/c1-3-4-5(2)6(8)7(9)10/h1,5-6H,4,8H2,2H3,(H,9,10). The summed E-state index contributed by atoms with van der Waals surface area (Å²) in [5.74, 6) is 1.21.